The number of hydroxylamine groups is 2. The lowest BCUT2D eigenvalue weighted by Gasteiger charge is -2.39. The zero-order valence-corrected chi connectivity index (χ0v) is 39.1. The Bertz CT molecular complexity index is 1690. The third-order valence-corrected chi connectivity index (χ3v) is 12.7. The Morgan fingerprint density at radius 2 is 1.66 bits per heavy atom. The third kappa shape index (κ3) is 16.8. The van der Waals surface area contributed by atoms with Crippen molar-refractivity contribution in [2.24, 2.45) is 17.8 Å². The van der Waals surface area contributed by atoms with Crippen molar-refractivity contribution < 1.29 is 43.8 Å². The first-order valence-corrected chi connectivity index (χ1v) is 23.7. The van der Waals surface area contributed by atoms with Gasteiger partial charge in [-0.15, -0.1) is 11.3 Å². The van der Waals surface area contributed by atoms with Gasteiger partial charge >= 0.3 is 12.1 Å². The number of ether oxygens (including phenoxy) is 1. The van der Waals surface area contributed by atoms with Crippen LogP contribution in [0.25, 0.3) is 0 Å². The average molecular weight is 887 g/mol. The zero-order valence-electron chi connectivity index (χ0n) is 38.3. The molecule has 0 radical (unpaired) electrons. The Hall–Kier alpha value is -4.28. The molecule has 0 aliphatic carbocycles. The molecule has 1 aliphatic heterocycles. The van der Waals surface area contributed by atoms with Crippen LogP contribution in [0, 0.1) is 17.8 Å². The molecule has 2 aromatic rings. The maximum atomic E-state index is 14.9. The van der Waals surface area contributed by atoms with Gasteiger partial charge in [0, 0.05) is 24.4 Å². The topological polar surface area (TPSA) is 200 Å². The number of carboxylic acid groups (broad SMARTS) is 1. The minimum Gasteiger partial charge on any atom is -0.508 e. The number of thiazole rings is 1. The molecule has 6 unspecified atom stereocenters. The second-order valence-corrected chi connectivity index (χ2v) is 18.1. The summed E-state index contributed by atoms with van der Waals surface area (Å²) in [5, 5.41) is 31.6. The molecule has 16 heteroatoms. The van der Waals surface area contributed by atoms with Crippen molar-refractivity contribution in [3.05, 3.63) is 45.9 Å². The Labute approximate surface area is 373 Å². The largest absolute Gasteiger partial charge is 0.508 e. The molecule has 0 saturated carbocycles. The maximum absolute atomic E-state index is 14.9. The molecule has 1 fully saturated rings. The van der Waals surface area contributed by atoms with Crippen LogP contribution in [0.2, 0.25) is 0 Å². The number of unbranched alkanes of at least 4 members (excludes halogenated alkanes) is 4. The van der Waals surface area contributed by atoms with Crippen molar-refractivity contribution in [1.82, 2.24) is 30.9 Å². The zero-order chi connectivity index (χ0) is 45.8. The van der Waals surface area contributed by atoms with Gasteiger partial charge in [-0.05, 0) is 81.6 Å². The molecule has 1 aromatic heterocycles. The molecule has 62 heavy (non-hydrogen) atoms. The molecular formula is C46H74N6O9S. The number of phenols is 1. The van der Waals surface area contributed by atoms with Crippen LogP contribution >= 0.6 is 11.3 Å². The third-order valence-electron chi connectivity index (χ3n) is 11.7. The van der Waals surface area contributed by atoms with E-state index < -0.39 is 48.1 Å². The molecule has 1 aromatic carbocycles. The summed E-state index contributed by atoms with van der Waals surface area (Å²) >= 11 is 1.14. The molecule has 5 N–H and O–H groups in total. The molecule has 348 valence electrons. The van der Waals surface area contributed by atoms with Gasteiger partial charge in [0.1, 0.15) is 22.5 Å². The molecule has 7 atom stereocenters. The average Bonchev–Trinajstić information content (AvgIpc) is 3.74. The fraction of sp³-hybridized carbons (Fsp3) is 0.696. The molecule has 3 rings (SSSR count). The van der Waals surface area contributed by atoms with Crippen molar-refractivity contribution in [2.75, 3.05) is 26.7 Å². The maximum Gasteiger partial charge on any atom is 0.407 e. The van der Waals surface area contributed by atoms with Gasteiger partial charge in [-0.2, -0.15) is 0 Å². The normalized spacial score (nSPS) is 17.3. The van der Waals surface area contributed by atoms with Gasteiger partial charge in [0.2, 0.25) is 5.91 Å². The molecule has 0 bridgehead atoms. The van der Waals surface area contributed by atoms with Gasteiger partial charge in [-0.3, -0.25) is 28.9 Å². The van der Waals surface area contributed by atoms with E-state index in [-0.39, 0.29) is 60.6 Å². The van der Waals surface area contributed by atoms with Crippen molar-refractivity contribution in [3.63, 3.8) is 0 Å². The Balaban J connectivity index is 1.99. The van der Waals surface area contributed by atoms with Crippen molar-refractivity contribution in [3.8, 4) is 5.75 Å². The van der Waals surface area contributed by atoms with E-state index in [1.807, 2.05) is 46.6 Å². The standard InChI is InChI=1S/C46H74N6O9S/c1-9-12-14-17-25-60-52(44(56)40(31(6)11-3)50-42(55)37-18-15-16-24-51(37)8)38(30(4)5)28-39(61-46(59)47-23-13-10-2)43-49-36(29-62-43)41(54)48-34(26-32(7)45(57)58)27-33-19-21-35(53)22-20-33/h19-22,29-32,34,37-40,53H,9-18,23-28H2,1-8H3,(H,47,59)(H,48,54)(H,50,55)(H,57,58)/t31?,32?,34?,37-,38?,39?,40?/m1/s1. The summed E-state index contributed by atoms with van der Waals surface area (Å²) in [6.07, 6.45) is 7.48. The Morgan fingerprint density at radius 1 is 0.952 bits per heavy atom. The highest BCUT2D eigenvalue weighted by Gasteiger charge is 2.40. The Morgan fingerprint density at radius 3 is 2.29 bits per heavy atom. The smallest absolute Gasteiger partial charge is 0.407 e. The number of alkyl carbamates (subject to hydrolysis) is 1. The van der Waals surface area contributed by atoms with E-state index in [4.69, 9.17) is 9.57 Å². The van der Waals surface area contributed by atoms with Crippen LogP contribution in [0.4, 0.5) is 4.79 Å². The second-order valence-electron chi connectivity index (χ2n) is 17.2. The molecule has 15 nitrogen and oxygen atoms in total. The SMILES string of the molecule is CCCCCCON(C(=O)C(NC(=O)[C@H]1CCCCN1C)C(C)CC)C(CC(OC(=O)NCCCC)c1nc(C(=O)NC(Cc2ccc(O)cc2)CC(C)C(=O)O)cs1)C(C)C. The van der Waals surface area contributed by atoms with Gasteiger partial charge in [0.05, 0.1) is 24.6 Å². The van der Waals surface area contributed by atoms with Gasteiger partial charge in [-0.1, -0.05) is 99.1 Å². The number of benzene rings is 1. The lowest BCUT2D eigenvalue weighted by molar-refractivity contribution is -0.212. The van der Waals surface area contributed by atoms with Crippen LogP contribution in [-0.2, 0) is 30.4 Å². The van der Waals surface area contributed by atoms with Crippen molar-refractivity contribution in [1.29, 1.82) is 0 Å². The van der Waals surface area contributed by atoms with Gasteiger partial charge < -0.3 is 30.9 Å². The number of aliphatic carboxylic acids is 1. The first-order chi connectivity index (χ1) is 29.6. The molecule has 0 spiro atoms. The Kier molecular flexibility index (Phi) is 22.7. The fourth-order valence-corrected chi connectivity index (χ4v) is 8.36. The van der Waals surface area contributed by atoms with Gasteiger partial charge in [0.15, 0.2) is 6.10 Å². The summed E-state index contributed by atoms with van der Waals surface area (Å²) in [5.41, 5.74) is 0.868. The summed E-state index contributed by atoms with van der Waals surface area (Å²) in [4.78, 5) is 80.8. The molecule has 1 aliphatic rings. The summed E-state index contributed by atoms with van der Waals surface area (Å²) in [6.45, 7) is 15.1. The van der Waals surface area contributed by atoms with E-state index in [0.29, 0.717) is 30.8 Å². The van der Waals surface area contributed by atoms with Gasteiger partial charge in [0.25, 0.3) is 11.8 Å². The van der Waals surface area contributed by atoms with Crippen LogP contribution in [0.1, 0.15) is 153 Å². The van der Waals surface area contributed by atoms with Crippen LogP contribution in [0.5, 0.6) is 5.75 Å². The highest BCUT2D eigenvalue weighted by Crippen LogP contribution is 2.32. The van der Waals surface area contributed by atoms with Crippen LogP contribution in [0.15, 0.2) is 29.6 Å². The van der Waals surface area contributed by atoms with Crippen LogP contribution in [0.3, 0.4) is 0 Å². The quantitative estimate of drug-likeness (QED) is 0.0436. The number of piperidine rings is 1. The number of hydrogen-bond donors (Lipinski definition) is 5. The number of rotatable bonds is 27. The number of likely N-dealkylation sites (N-methyl/N-ethyl adjacent to an activating group) is 1. The summed E-state index contributed by atoms with van der Waals surface area (Å²) in [7, 11) is 1.94. The number of carboxylic acids is 1. The highest BCUT2D eigenvalue weighted by molar-refractivity contribution is 7.09. The minimum atomic E-state index is -0.998. The molecule has 1 saturated heterocycles. The van der Waals surface area contributed by atoms with Crippen molar-refractivity contribution >= 4 is 41.1 Å². The molecule has 4 amide bonds. The minimum absolute atomic E-state index is 0.0668. The number of phenolic OH excluding ortho intramolecular Hbond substituents is 1. The van der Waals surface area contributed by atoms with E-state index in [9.17, 15) is 34.2 Å². The number of aromatic hydroxyl groups is 1. The van der Waals surface area contributed by atoms with Crippen molar-refractivity contribution in [2.45, 2.75) is 162 Å². The highest BCUT2D eigenvalue weighted by atomic mass is 32.1. The fourth-order valence-electron chi connectivity index (χ4n) is 7.52. The number of amides is 4. The summed E-state index contributed by atoms with van der Waals surface area (Å²) in [6, 6.07) is 4.09. The lowest BCUT2D eigenvalue weighted by atomic mass is 9.93. The van der Waals surface area contributed by atoms with E-state index in [0.717, 1.165) is 74.8 Å². The van der Waals surface area contributed by atoms with E-state index in [2.05, 4.69) is 27.9 Å². The number of hydrogen-bond acceptors (Lipinski definition) is 11. The van der Waals surface area contributed by atoms with Gasteiger partial charge in [-0.25, -0.2) is 14.8 Å². The van der Waals surface area contributed by atoms with E-state index in [1.165, 1.54) is 17.2 Å². The van der Waals surface area contributed by atoms with Crippen LogP contribution in [-0.4, -0.2) is 106 Å². The number of nitrogens with one attached hydrogen (secondary N) is 3. The number of carbonyl (C=O) groups excluding carboxylic acids is 4. The first kappa shape index (κ1) is 52.1. The summed E-state index contributed by atoms with van der Waals surface area (Å²) < 4.78 is 6.09. The number of nitrogens with zero attached hydrogens (tertiary/aromatic N) is 3. The van der Waals surface area contributed by atoms with E-state index in [1.54, 1.807) is 24.4 Å². The number of likely N-dealkylation sites (tertiary alicyclic amines) is 1. The summed E-state index contributed by atoms with van der Waals surface area (Å²) in [5.74, 6) is -3.15. The predicted octanol–water partition coefficient (Wildman–Crippen LogP) is 7.64. The number of aromatic nitrogens is 1. The van der Waals surface area contributed by atoms with Crippen LogP contribution < -0.4 is 16.0 Å². The predicted molar refractivity (Wildman–Crippen MR) is 241 cm³/mol. The monoisotopic (exact) mass is 887 g/mol. The molecular weight excluding hydrogens is 813 g/mol. The first-order valence-electron chi connectivity index (χ1n) is 22.8. The number of carbonyl (C=O) groups is 5. The second kappa shape index (κ2) is 27.0. The van der Waals surface area contributed by atoms with E-state index >= 15 is 0 Å². The molecule has 2 heterocycles. The lowest BCUT2D eigenvalue weighted by Crippen LogP contribution is -2.58.